The zero-order valence-corrected chi connectivity index (χ0v) is 11.5. The zero-order valence-electron chi connectivity index (χ0n) is 11.5. The molecular weight excluding hydrogens is 244 g/mol. The van der Waals surface area contributed by atoms with Crippen molar-refractivity contribution in [3.63, 3.8) is 0 Å². The topological polar surface area (TPSA) is 58.6 Å². The second kappa shape index (κ2) is 4.78. The molecule has 1 N–H and O–H groups in total. The van der Waals surface area contributed by atoms with Crippen molar-refractivity contribution in [1.29, 1.82) is 0 Å². The van der Waals surface area contributed by atoms with Crippen LogP contribution in [0.4, 0.5) is 0 Å². The molecule has 1 amide bonds. The third-order valence-electron chi connectivity index (χ3n) is 4.84. The Labute approximate surface area is 113 Å². The quantitative estimate of drug-likeness (QED) is 0.755. The Bertz CT molecular complexity index is 394. The maximum absolute atomic E-state index is 12.1. The SMILES string of the molecule is COC(=O)[C@]12CCC[C@H]1CN(CC(=O)NC1CC1)C2. The molecule has 1 aliphatic heterocycles. The van der Waals surface area contributed by atoms with Crippen molar-refractivity contribution >= 4 is 11.9 Å². The van der Waals surface area contributed by atoms with Crippen LogP contribution in [0, 0.1) is 11.3 Å². The molecule has 3 rings (SSSR count). The Morgan fingerprint density at radius 2 is 2.16 bits per heavy atom. The van der Waals surface area contributed by atoms with Gasteiger partial charge in [-0.1, -0.05) is 6.42 Å². The van der Waals surface area contributed by atoms with Gasteiger partial charge in [-0.15, -0.1) is 0 Å². The fraction of sp³-hybridized carbons (Fsp3) is 0.857. The van der Waals surface area contributed by atoms with Crippen LogP contribution >= 0.6 is 0 Å². The van der Waals surface area contributed by atoms with Gasteiger partial charge in [-0.05, 0) is 31.6 Å². The number of hydrogen-bond acceptors (Lipinski definition) is 4. The molecule has 19 heavy (non-hydrogen) atoms. The van der Waals surface area contributed by atoms with Crippen LogP contribution in [0.25, 0.3) is 0 Å². The van der Waals surface area contributed by atoms with Crippen molar-refractivity contribution in [1.82, 2.24) is 10.2 Å². The number of likely N-dealkylation sites (tertiary alicyclic amines) is 1. The molecule has 0 aromatic carbocycles. The number of esters is 1. The molecule has 0 radical (unpaired) electrons. The van der Waals surface area contributed by atoms with Crippen LogP contribution in [0.2, 0.25) is 0 Å². The number of rotatable bonds is 4. The lowest BCUT2D eigenvalue weighted by Gasteiger charge is -2.25. The molecule has 2 aliphatic carbocycles. The highest BCUT2D eigenvalue weighted by Crippen LogP contribution is 2.49. The summed E-state index contributed by atoms with van der Waals surface area (Å²) in [6.07, 6.45) is 5.31. The lowest BCUT2D eigenvalue weighted by molar-refractivity contribution is -0.153. The Kier molecular flexibility index (Phi) is 3.25. The van der Waals surface area contributed by atoms with Crippen molar-refractivity contribution in [3.8, 4) is 0 Å². The third kappa shape index (κ3) is 2.36. The second-order valence-electron chi connectivity index (χ2n) is 6.25. The molecule has 3 fully saturated rings. The third-order valence-corrected chi connectivity index (χ3v) is 4.84. The number of carbonyl (C=O) groups excluding carboxylic acids is 2. The summed E-state index contributed by atoms with van der Waals surface area (Å²) in [4.78, 5) is 26.1. The normalized spacial score (nSPS) is 34.1. The minimum absolute atomic E-state index is 0.0832. The van der Waals surface area contributed by atoms with E-state index in [9.17, 15) is 9.59 Å². The van der Waals surface area contributed by atoms with Crippen LogP contribution in [0.1, 0.15) is 32.1 Å². The first-order valence-corrected chi connectivity index (χ1v) is 7.24. The predicted molar refractivity (Wildman–Crippen MR) is 69.4 cm³/mol. The van der Waals surface area contributed by atoms with Crippen molar-refractivity contribution in [2.24, 2.45) is 11.3 Å². The van der Waals surface area contributed by atoms with E-state index in [1.54, 1.807) is 0 Å². The largest absolute Gasteiger partial charge is 0.469 e. The van der Waals surface area contributed by atoms with Crippen LogP contribution in [-0.4, -0.2) is 49.6 Å². The van der Waals surface area contributed by atoms with Gasteiger partial charge in [0, 0.05) is 19.1 Å². The van der Waals surface area contributed by atoms with Crippen LogP contribution < -0.4 is 5.32 Å². The van der Waals surface area contributed by atoms with Gasteiger partial charge in [0.1, 0.15) is 0 Å². The van der Waals surface area contributed by atoms with Gasteiger partial charge in [-0.2, -0.15) is 0 Å². The average Bonchev–Trinajstić information content (AvgIpc) is 2.97. The van der Waals surface area contributed by atoms with E-state index in [4.69, 9.17) is 4.74 Å². The summed E-state index contributed by atoms with van der Waals surface area (Å²) in [6, 6.07) is 0.407. The summed E-state index contributed by atoms with van der Waals surface area (Å²) in [5.74, 6) is 0.385. The molecule has 0 aromatic rings. The number of carbonyl (C=O) groups is 2. The smallest absolute Gasteiger partial charge is 0.313 e. The summed E-state index contributed by atoms with van der Waals surface area (Å²) < 4.78 is 5.00. The van der Waals surface area contributed by atoms with Gasteiger partial charge in [-0.25, -0.2) is 0 Å². The number of methoxy groups -OCH3 is 1. The van der Waals surface area contributed by atoms with E-state index in [1.165, 1.54) is 7.11 Å². The van der Waals surface area contributed by atoms with E-state index >= 15 is 0 Å². The summed E-state index contributed by atoms with van der Waals surface area (Å²) in [5, 5.41) is 3.01. The predicted octanol–water partition coefficient (Wildman–Crippen LogP) is 0.540. The summed E-state index contributed by atoms with van der Waals surface area (Å²) in [5.41, 5.74) is -0.339. The molecule has 0 bridgehead atoms. The molecule has 5 heteroatoms. The van der Waals surface area contributed by atoms with Gasteiger partial charge in [0.15, 0.2) is 0 Å². The first-order valence-electron chi connectivity index (χ1n) is 7.24. The van der Waals surface area contributed by atoms with Gasteiger partial charge in [-0.3, -0.25) is 14.5 Å². The molecule has 2 saturated carbocycles. The van der Waals surface area contributed by atoms with Gasteiger partial charge in [0.05, 0.1) is 19.1 Å². The molecular formula is C14H22N2O3. The number of ether oxygens (including phenoxy) is 1. The fourth-order valence-corrected chi connectivity index (χ4v) is 3.75. The molecule has 106 valence electrons. The number of fused-ring (bicyclic) bond motifs is 1. The summed E-state index contributed by atoms with van der Waals surface area (Å²) >= 11 is 0. The lowest BCUT2D eigenvalue weighted by Crippen LogP contribution is -2.40. The molecule has 0 unspecified atom stereocenters. The zero-order chi connectivity index (χ0) is 13.5. The highest BCUT2D eigenvalue weighted by molar-refractivity contribution is 5.80. The van der Waals surface area contributed by atoms with E-state index in [2.05, 4.69) is 10.2 Å². The summed E-state index contributed by atoms with van der Waals surface area (Å²) in [7, 11) is 1.47. The fourth-order valence-electron chi connectivity index (χ4n) is 3.75. The number of amides is 1. The highest BCUT2D eigenvalue weighted by Gasteiger charge is 2.55. The van der Waals surface area contributed by atoms with E-state index in [0.29, 0.717) is 25.0 Å². The molecule has 1 saturated heterocycles. The molecule has 1 heterocycles. The van der Waals surface area contributed by atoms with E-state index in [0.717, 1.165) is 38.6 Å². The Morgan fingerprint density at radius 1 is 1.37 bits per heavy atom. The molecule has 0 spiro atoms. The highest BCUT2D eigenvalue weighted by atomic mass is 16.5. The van der Waals surface area contributed by atoms with E-state index in [-0.39, 0.29) is 17.3 Å². The number of nitrogens with zero attached hydrogens (tertiary/aromatic N) is 1. The van der Waals surface area contributed by atoms with Gasteiger partial charge < -0.3 is 10.1 Å². The van der Waals surface area contributed by atoms with Crippen molar-refractivity contribution in [2.45, 2.75) is 38.1 Å². The maximum atomic E-state index is 12.1. The van der Waals surface area contributed by atoms with Crippen LogP contribution in [0.3, 0.4) is 0 Å². The average molecular weight is 266 g/mol. The van der Waals surface area contributed by atoms with Gasteiger partial charge in [0.25, 0.3) is 0 Å². The van der Waals surface area contributed by atoms with Crippen molar-refractivity contribution < 1.29 is 14.3 Å². The number of hydrogen-bond donors (Lipinski definition) is 1. The first kappa shape index (κ1) is 12.9. The number of nitrogens with one attached hydrogen (secondary N) is 1. The van der Waals surface area contributed by atoms with Crippen LogP contribution in [-0.2, 0) is 14.3 Å². The minimum Gasteiger partial charge on any atom is -0.469 e. The molecule has 0 aromatic heterocycles. The van der Waals surface area contributed by atoms with Crippen LogP contribution in [0.5, 0.6) is 0 Å². The maximum Gasteiger partial charge on any atom is 0.313 e. The molecule has 3 aliphatic rings. The summed E-state index contributed by atoms with van der Waals surface area (Å²) in [6.45, 7) is 1.96. The second-order valence-corrected chi connectivity index (χ2v) is 6.25. The Morgan fingerprint density at radius 3 is 2.84 bits per heavy atom. The van der Waals surface area contributed by atoms with Crippen molar-refractivity contribution in [2.75, 3.05) is 26.7 Å². The van der Waals surface area contributed by atoms with Crippen LogP contribution in [0.15, 0.2) is 0 Å². The van der Waals surface area contributed by atoms with E-state index in [1.807, 2.05) is 0 Å². The molecule has 2 atom stereocenters. The minimum atomic E-state index is -0.339. The van der Waals surface area contributed by atoms with Gasteiger partial charge >= 0.3 is 5.97 Å². The Hall–Kier alpha value is -1.10. The van der Waals surface area contributed by atoms with Gasteiger partial charge in [0.2, 0.25) is 5.91 Å². The monoisotopic (exact) mass is 266 g/mol. The Balaban J connectivity index is 1.61. The van der Waals surface area contributed by atoms with E-state index < -0.39 is 0 Å². The molecule has 5 nitrogen and oxygen atoms in total. The first-order chi connectivity index (χ1) is 9.14. The standard InChI is InChI=1S/C14H22N2O3/c1-19-13(18)14-6-2-3-10(14)7-16(9-14)8-12(17)15-11-4-5-11/h10-11H,2-9H2,1H3,(H,15,17)/t10-,14-/m0/s1. The lowest BCUT2D eigenvalue weighted by atomic mass is 9.81. The van der Waals surface area contributed by atoms with Crippen molar-refractivity contribution in [3.05, 3.63) is 0 Å².